The quantitative estimate of drug-likeness (QED) is 0.227. The standard InChI is InChI=1S/C31H32F2N4/c1-21-18-26(20-35-19-21)23(3)36-28-16-11-15-27(25-13-7-6-8-14-25)29(28)24(4)37-30(31(5,32)33)22(2)12-9-10-17-34/h6-20,30,37H,2,4,34H2,1,3,5H3/b12-9-,17-10-,36-23+. The molecule has 1 heterocycles. The van der Waals surface area contributed by atoms with Crippen LogP contribution in [0.4, 0.5) is 14.5 Å². The van der Waals surface area contributed by atoms with Crippen LogP contribution in [0.3, 0.4) is 0 Å². The SMILES string of the molecule is C=C(NC(C(=C)/C=C\C=C/N)C(C)(F)F)c1c(/N=C(\C)c2cncc(C)c2)cccc1-c1ccccc1. The lowest BCUT2D eigenvalue weighted by atomic mass is 9.94. The van der Waals surface area contributed by atoms with Crippen molar-refractivity contribution in [3.05, 3.63) is 127 Å². The summed E-state index contributed by atoms with van der Waals surface area (Å²) in [5.74, 6) is -3.12. The Bertz CT molecular complexity index is 1350. The summed E-state index contributed by atoms with van der Waals surface area (Å²) in [6.45, 7) is 12.7. The Morgan fingerprint density at radius 2 is 1.81 bits per heavy atom. The van der Waals surface area contributed by atoms with Crippen LogP contribution in [-0.2, 0) is 0 Å². The molecule has 2 aromatic carbocycles. The highest BCUT2D eigenvalue weighted by Crippen LogP contribution is 2.36. The van der Waals surface area contributed by atoms with Crippen molar-refractivity contribution in [2.75, 3.05) is 0 Å². The molecule has 1 unspecified atom stereocenters. The molecule has 0 bridgehead atoms. The first kappa shape index (κ1) is 27.3. The molecule has 3 aromatic rings. The minimum Gasteiger partial charge on any atom is -0.405 e. The number of nitrogens with one attached hydrogen (secondary N) is 1. The van der Waals surface area contributed by atoms with Gasteiger partial charge in [-0.3, -0.25) is 9.98 Å². The molecular formula is C31H32F2N4. The van der Waals surface area contributed by atoms with E-state index in [1.165, 1.54) is 12.3 Å². The van der Waals surface area contributed by atoms with Crippen LogP contribution in [0.1, 0.15) is 30.5 Å². The van der Waals surface area contributed by atoms with Crippen molar-refractivity contribution >= 4 is 17.1 Å². The van der Waals surface area contributed by atoms with E-state index in [4.69, 9.17) is 10.7 Å². The lowest BCUT2D eigenvalue weighted by Crippen LogP contribution is -2.43. The molecule has 1 aromatic heterocycles. The number of hydrogen-bond acceptors (Lipinski definition) is 4. The van der Waals surface area contributed by atoms with Crippen molar-refractivity contribution in [2.24, 2.45) is 10.7 Å². The predicted octanol–water partition coefficient (Wildman–Crippen LogP) is 7.37. The second-order valence-corrected chi connectivity index (χ2v) is 8.85. The number of alkyl halides is 2. The molecule has 0 fully saturated rings. The molecule has 0 aliphatic carbocycles. The van der Waals surface area contributed by atoms with Gasteiger partial charge in [0.05, 0.1) is 5.69 Å². The minimum atomic E-state index is -3.12. The lowest BCUT2D eigenvalue weighted by molar-refractivity contribution is 0.0000235. The van der Waals surface area contributed by atoms with Gasteiger partial charge in [-0.2, -0.15) is 0 Å². The first-order valence-electron chi connectivity index (χ1n) is 11.8. The highest BCUT2D eigenvalue weighted by molar-refractivity contribution is 6.01. The van der Waals surface area contributed by atoms with Gasteiger partial charge in [0.1, 0.15) is 6.04 Å². The number of rotatable bonds is 10. The average Bonchev–Trinajstić information content (AvgIpc) is 2.87. The number of halogens is 2. The van der Waals surface area contributed by atoms with Gasteiger partial charge in [0.25, 0.3) is 5.92 Å². The maximum Gasteiger partial charge on any atom is 0.269 e. The molecule has 0 radical (unpaired) electrons. The van der Waals surface area contributed by atoms with Crippen molar-refractivity contribution in [3.8, 4) is 11.1 Å². The maximum absolute atomic E-state index is 14.7. The van der Waals surface area contributed by atoms with Gasteiger partial charge in [-0.25, -0.2) is 8.78 Å². The Balaban J connectivity index is 2.13. The van der Waals surface area contributed by atoms with E-state index in [1.807, 2.05) is 68.4 Å². The summed E-state index contributed by atoms with van der Waals surface area (Å²) in [5.41, 5.74) is 11.5. The summed E-state index contributed by atoms with van der Waals surface area (Å²) in [7, 11) is 0. The molecule has 6 heteroatoms. The summed E-state index contributed by atoms with van der Waals surface area (Å²) in [6.07, 6.45) is 9.47. The van der Waals surface area contributed by atoms with Crippen LogP contribution in [0.25, 0.3) is 16.8 Å². The number of aryl methyl sites for hydroxylation is 1. The number of nitrogens with two attached hydrogens (primary N) is 1. The zero-order chi connectivity index (χ0) is 27.0. The van der Waals surface area contributed by atoms with E-state index < -0.39 is 12.0 Å². The fourth-order valence-corrected chi connectivity index (χ4v) is 3.94. The lowest BCUT2D eigenvalue weighted by Gasteiger charge is -2.28. The van der Waals surface area contributed by atoms with E-state index in [2.05, 4.69) is 23.5 Å². The van der Waals surface area contributed by atoms with Gasteiger partial charge in [-0.1, -0.05) is 67.8 Å². The second kappa shape index (κ2) is 12.1. The van der Waals surface area contributed by atoms with E-state index in [1.54, 1.807) is 24.5 Å². The maximum atomic E-state index is 14.7. The van der Waals surface area contributed by atoms with Crippen molar-refractivity contribution in [1.29, 1.82) is 0 Å². The normalized spacial score (nSPS) is 13.2. The second-order valence-electron chi connectivity index (χ2n) is 8.85. The Morgan fingerprint density at radius 1 is 1.08 bits per heavy atom. The van der Waals surface area contributed by atoms with Crippen molar-refractivity contribution in [1.82, 2.24) is 10.3 Å². The van der Waals surface area contributed by atoms with Gasteiger partial charge in [0.15, 0.2) is 0 Å². The van der Waals surface area contributed by atoms with Crippen LogP contribution in [0, 0.1) is 6.92 Å². The first-order chi connectivity index (χ1) is 17.6. The molecule has 3 N–H and O–H groups in total. The Hall–Kier alpha value is -4.32. The number of nitrogens with zero attached hydrogens (tertiary/aromatic N) is 2. The third-order valence-corrected chi connectivity index (χ3v) is 5.74. The molecule has 0 spiro atoms. The van der Waals surface area contributed by atoms with Crippen molar-refractivity contribution in [3.63, 3.8) is 0 Å². The summed E-state index contributed by atoms with van der Waals surface area (Å²) in [4.78, 5) is 9.14. The van der Waals surface area contributed by atoms with E-state index in [0.717, 1.165) is 34.9 Å². The third kappa shape index (κ3) is 7.10. The van der Waals surface area contributed by atoms with Crippen molar-refractivity contribution in [2.45, 2.75) is 32.7 Å². The van der Waals surface area contributed by atoms with Gasteiger partial charge in [-0.05, 0) is 60.5 Å². The van der Waals surface area contributed by atoms with Crippen LogP contribution in [0.2, 0.25) is 0 Å². The summed E-state index contributed by atoms with van der Waals surface area (Å²) < 4.78 is 29.5. The number of benzene rings is 2. The number of aliphatic imine (C=N–C) groups is 1. The topological polar surface area (TPSA) is 63.3 Å². The monoisotopic (exact) mass is 498 g/mol. The van der Waals surface area contributed by atoms with Crippen LogP contribution in [-0.4, -0.2) is 22.7 Å². The van der Waals surface area contributed by atoms with Crippen molar-refractivity contribution < 1.29 is 8.78 Å². The fraction of sp³-hybridized carbons (Fsp3) is 0.161. The highest BCUT2D eigenvalue weighted by Gasteiger charge is 2.36. The third-order valence-electron chi connectivity index (χ3n) is 5.74. The van der Waals surface area contributed by atoms with E-state index in [9.17, 15) is 8.78 Å². The van der Waals surface area contributed by atoms with Gasteiger partial charge < -0.3 is 11.1 Å². The van der Waals surface area contributed by atoms with Gasteiger partial charge in [0, 0.05) is 41.9 Å². The van der Waals surface area contributed by atoms with Crippen LogP contribution >= 0.6 is 0 Å². The Labute approximate surface area is 217 Å². The zero-order valence-corrected chi connectivity index (χ0v) is 21.4. The number of allylic oxidation sites excluding steroid dienone is 2. The summed E-state index contributed by atoms with van der Waals surface area (Å²) in [6, 6.07) is 16.0. The van der Waals surface area contributed by atoms with E-state index in [0.29, 0.717) is 16.9 Å². The van der Waals surface area contributed by atoms with E-state index in [-0.39, 0.29) is 5.57 Å². The molecule has 0 aliphatic rings. The molecule has 1 atom stereocenters. The predicted molar refractivity (Wildman–Crippen MR) is 151 cm³/mol. The van der Waals surface area contributed by atoms with Gasteiger partial charge >= 0.3 is 0 Å². The van der Waals surface area contributed by atoms with Crippen LogP contribution < -0.4 is 11.1 Å². The van der Waals surface area contributed by atoms with Gasteiger partial charge in [0.2, 0.25) is 0 Å². The number of aromatic nitrogens is 1. The molecule has 0 aliphatic heterocycles. The molecule has 0 amide bonds. The minimum absolute atomic E-state index is 0.191. The Morgan fingerprint density at radius 3 is 2.46 bits per heavy atom. The van der Waals surface area contributed by atoms with Gasteiger partial charge in [-0.15, -0.1) is 0 Å². The van der Waals surface area contributed by atoms with Crippen LogP contribution in [0.5, 0.6) is 0 Å². The zero-order valence-electron chi connectivity index (χ0n) is 21.4. The largest absolute Gasteiger partial charge is 0.405 e. The molecule has 0 saturated heterocycles. The number of hydrogen-bond donors (Lipinski definition) is 2. The summed E-state index contributed by atoms with van der Waals surface area (Å²) >= 11 is 0. The molecule has 37 heavy (non-hydrogen) atoms. The molecule has 190 valence electrons. The first-order valence-corrected chi connectivity index (χ1v) is 11.8. The summed E-state index contributed by atoms with van der Waals surface area (Å²) in [5, 5.41) is 2.94. The Kier molecular flexibility index (Phi) is 8.90. The van der Waals surface area contributed by atoms with E-state index >= 15 is 0 Å². The van der Waals surface area contributed by atoms with Crippen LogP contribution in [0.15, 0.2) is 115 Å². The highest BCUT2D eigenvalue weighted by atomic mass is 19.3. The fourth-order valence-electron chi connectivity index (χ4n) is 3.94. The molecule has 3 rings (SSSR count). The molecule has 0 saturated carbocycles. The number of pyridine rings is 1. The smallest absolute Gasteiger partial charge is 0.269 e. The molecular weight excluding hydrogens is 466 g/mol. The molecule has 4 nitrogen and oxygen atoms in total. The average molecular weight is 499 g/mol.